The molecule has 0 bridgehead atoms. The molecule has 0 radical (unpaired) electrons. The highest BCUT2D eigenvalue weighted by molar-refractivity contribution is 5.49. The fourth-order valence-electron chi connectivity index (χ4n) is 1.06. The van der Waals surface area contributed by atoms with Crippen LogP contribution in [0.3, 0.4) is 0 Å². The Bertz CT molecular complexity index is 397. The highest BCUT2D eigenvalue weighted by atomic mass is 19.3. The van der Waals surface area contributed by atoms with Crippen molar-refractivity contribution in [2.45, 2.75) is 13.0 Å². The number of halogens is 2. The van der Waals surface area contributed by atoms with Crippen molar-refractivity contribution in [1.82, 2.24) is 4.98 Å². The van der Waals surface area contributed by atoms with Gasteiger partial charge in [-0.25, -0.2) is 8.78 Å². The Kier molecular flexibility index (Phi) is 3.10. The standard InChI is InChI=1S/C7H8F2N4O2/c8-5(9)4-1-3(2-10)7(13(14)15)12-6(4)11/h1,5H,2,10H2,(H2,11,12). The third kappa shape index (κ3) is 2.15. The van der Waals surface area contributed by atoms with Crippen molar-refractivity contribution >= 4 is 11.6 Å². The molecule has 0 spiro atoms. The third-order valence-corrected chi connectivity index (χ3v) is 1.77. The maximum Gasteiger partial charge on any atom is 0.370 e. The topological polar surface area (TPSA) is 108 Å². The number of hydrogen-bond donors (Lipinski definition) is 2. The van der Waals surface area contributed by atoms with Crippen molar-refractivity contribution in [3.63, 3.8) is 0 Å². The number of anilines is 1. The fourth-order valence-corrected chi connectivity index (χ4v) is 1.06. The van der Waals surface area contributed by atoms with Gasteiger partial charge in [-0.3, -0.25) is 0 Å². The summed E-state index contributed by atoms with van der Waals surface area (Å²) < 4.78 is 24.7. The Balaban J connectivity index is 3.35. The van der Waals surface area contributed by atoms with Gasteiger partial charge in [0.25, 0.3) is 6.43 Å². The molecule has 8 heteroatoms. The quantitative estimate of drug-likeness (QED) is 0.580. The summed E-state index contributed by atoms with van der Waals surface area (Å²) in [5.41, 5.74) is 9.72. The van der Waals surface area contributed by atoms with Crippen molar-refractivity contribution in [3.8, 4) is 0 Å². The first-order valence-electron chi connectivity index (χ1n) is 3.89. The van der Waals surface area contributed by atoms with Crippen LogP contribution in [0.15, 0.2) is 6.07 Å². The van der Waals surface area contributed by atoms with E-state index in [-0.39, 0.29) is 12.1 Å². The van der Waals surface area contributed by atoms with Crippen LogP contribution < -0.4 is 11.5 Å². The highest BCUT2D eigenvalue weighted by Gasteiger charge is 2.23. The molecule has 0 atom stereocenters. The molecule has 4 N–H and O–H groups in total. The molecule has 0 amide bonds. The minimum Gasteiger partial charge on any atom is -0.362 e. The number of pyridine rings is 1. The zero-order chi connectivity index (χ0) is 11.6. The van der Waals surface area contributed by atoms with Gasteiger partial charge in [-0.2, -0.15) is 0 Å². The minimum absolute atomic E-state index is 0.0653. The second-order valence-electron chi connectivity index (χ2n) is 2.71. The van der Waals surface area contributed by atoms with Gasteiger partial charge in [-0.15, -0.1) is 0 Å². The molecule has 0 aliphatic carbocycles. The Morgan fingerprint density at radius 3 is 2.60 bits per heavy atom. The molecule has 0 aromatic carbocycles. The first kappa shape index (κ1) is 11.2. The van der Waals surface area contributed by atoms with Gasteiger partial charge in [0.15, 0.2) is 0 Å². The lowest BCUT2D eigenvalue weighted by Gasteiger charge is -2.04. The van der Waals surface area contributed by atoms with E-state index in [0.717, 1.165) is 6.07 Å². The maximum absolute atomic E-state index is 12.3. The molecule has 1 aromatic heterocycles. The summed E-state index contributed by atoms with van der Waals surface area (Å²) in [6.45, 7) is -0.247. The highest BCUT2D eigenvalue weighted by Crippen LogP contribution is 2.28. The number of nitrogens with zero attached hydrogens (tertiary/aromatic N) is 2. The molecule has 0 aliphatic rings. The van der Waals surface area contributed by atoms with E-state index in [4.69, 9.17) is 11.5 Å². The van der Waals surface area contributed by atoms with Gasteiger partial charge in [-0.05, 0) is 16.0 Å². The van der Waals surface area contributed by atoms with Gasteiger partial charge >= 0.3 is 5.82 Å². The van der Waals surface area contributed by atoms with Crippen molar-refractivity contribution in [2.24, 2.45) is 5.73 Å². The summed E-state index contributed by atoms with van der Waals surface area (Å²) in [5.74, 6) is -1.13. The Morgan fingerprint density at radius 2 is 2.20 bits per heavy atom. The van der Waals surface area contributed by atoms with Crippen molar-refractivity contribution in [2.75, 3.05) is 5.73 Å². The van der Waals surface area contributed by atoms with Gasteiger partial charge in [0.1, 0.15) is 0 Å². The van der Waals surface area contributed by atoms with E-state index in [1.54, 1.807) is 0 Å². The fraction of sp³-hybridized carbons (Fsp3) is 0.286. The molecule has 1 heterocycles. The normalized spacial score (nSPS) is 10.7. The average molecular weight is 218 g/mol. The van der Waals surface area contributed by atoms with Crippen molar-refractivity contribution in [3.05, 3.63) is 27.3 Å². The van der Waals surface area contributed by atoms with Crippen LogP contribution in [0.2, 0.25) is 0 Å². The molecule has 0 saturated heterocycles. The Hall–Kier alpha value is -1.83. The smallest absolute Gasteiger partial charge is 0.362 e. The first-order chi connectivity index (χ1) is 6.97. The molecule has 82 valence electrons. The van der Waals surface area contributed by atoms with Crippen LogP contribution in [-0.4, -0.2) is 9.91 Å². The second kappa shape index (κ2) is 4.13. The van der Waals surface area contributed by atoms with Gasteiger partial charge < -0.3 is 21.6 Å². The molecular formula is C7H8F2N4O2. The van der Waals surface area contributed by atoms with E-state index in [2.05, 4.69) is 4.98 Å². The van der Waals surface area contributed by atoms with Gasteiger partial charge in [-0.1, -0.05) is 0 Å². The van der Waals surface area contributed by atoms with E-state index in [0.29, 0.717) is 0 Å². The minimum atomic E-state index is -2.83. The van der Waals surface area contributed by atoms with E-state index >= 15 is 0 Å². The number of nitrogen functional groups attached to an aromatic ring is 1. The molecule has 0 unspecified atom stereocenters. The molecular weight excluding hydrogens is 210 g/mol. The Morgan fingerprint density at radius 1 is 1.60 bits per heavy atom. The number of nitrogens with two attached hydrogens (primary N) is 2. The lowest BCUT2D eigenvalue weighted by atomic mass is 10.1. The van der Waals surface area contributed by atoms with Gasteiger partial charge in [0.2, 0.25) is 5.82 Å². The zero-order valence-corrected chi connectivity index (χ0v) is 7.48. The zero-order valence-electron chi connectivity index (χ0n) is 7.48. The number of hydrogen-bond acceptors (Lipinski definition) is 5. The van der Waals surface area contributed by atoms with Crippen LogP contribution in [0.5, 0.6) is 0 Å². The maximum atomic E-state index is 12.3. The SMILES string of the molecule is NCc1cc(C(F)F)c(N)nc1[N+](=O)[O-]. The number of aromatic nitrogens is 1. The van der Waals surface area contributed by atoms with E-state index < -0.39 is 28.5 Å². The summed E-state index contributed by atoms with van der Waals surface area (Å²) in [5, 5.41) is 10.5. The van der Waals surface area contributed by atoms with Gasteiger partial charge in [0, 0.05) is 6.54 Å². The van der Waals surface area contributed by atoms with E-state index in [9.17, 15) is 18.9 Å². The first-order valence-corrected chi connectivity index (χ1v) is 3.89. The lowest BCUT2D eigenvalue weighted by molar-refractivity contribution is -0.390. The number of alkyl halides is 2. The van der Waals surface area contributed by atoms with Crippen LogP contribution in [0.4, 0.5) is 20.4 Å². The average Bonchev–Trinajstić information content (AvgIpc) is 2.16. The van der Waals surface area contributed by atoms with Crippen LogP contribution >= 0.6 is 0 Å². The molecule has 1 aromatic rings. The van der Waals surface area contributed by atoms with Crippen LogP contribution in [0.1, 0.15) is 17.6 Å². The summed E-state index contributed by atoms with van der Waals surface area (Å²) in [6, 6.07) is 0.908. The van der Waals surface area contributed by atoms with Crippen LogP contribution in [0.25, 0.3) is 0 Å². The lowest BCUT2D eigenvalue weighted by Crippen LogP contribution is -2.08. The number of nitro groups is 1. The predicted octanol–water partition coefficient (Wildman–Crippen LogP) is 0.968. The molecule has 0 saturated carbocycles. The van der Waals surface area contributed by atoms with Gasteiger partial charge in [0.05, 0.1) is 11.1 Å². The Labute approximate surface area is 83.0 Å². The summed E-state index contributed by atoms with van der Waals surface area (Å²) >= 11 is 0. The summed E-state index contributed by atoms with van der Waals surface area (Å²) in [7, 11) is 0. The monoisotopic (exact) mass is 218 g/mol. The molecule has 6 nitrogen and oxygen atoms in total. The van der Waals surface area contributed by atoms with Crippen molar-refractivity contribution < 1.29 is 13.7 Å². The molecule has 0 aliphatic heterocycles. The van der Waals surface area contributed by atoms with Crippen LogP contribution in [0, 0.1) is 10.1 Å². The molecule has 1 rings (SSSR count). The van der Waals surface area contributed by atoms with E-state index in [1.807, 2.05) is 0 Å². The predicted molar refractivity (Wildman–Crippen MR) is 48.2 cm³/mol. The van der Waals surface area contributed by atoms with Crippen molar-refractivity contribution in [1.29, 1.82) is 0 Å². The molecule has 0 fully saturated rings. The third-order valence-electron chi connectivity index (χ3n) is 1.77. The summed E-state index contributed by atoms with van der Waals surface area (Å²) in [4.78, 5) is 12.9. The number of rotatable bonds is 3. The van der Waals surface area contributed by atoms with E-state index in [1.165, 1.54) is 0 Å². The molecule has 15 heavy (non-hydrogen) atoms. The summed E-state index contributed by atoms with van der Waals surface area (Å²) in [6.07, 6.45) is -2.83. The second-order valence-corrected chi connectivity index (χ2v) is 2.71. The van der Waals surface area contributed by atoms with Crippen LogP contribution in [-0.2, 0) is 6.54 Å². The largest absolute Gasteiger partial charge is 0.370 e.